The van der Waals surface area contributed by atoms with Gasteiger partial charge in [-0.2, -0.15) is 0 Å². The highest BCUT2D eigenvalue weighted by Crippen LogP contribution is 2.08. The zero-order valence-electron chi connectivity index (χ0n) is 15.5. The molecule has 7 heteroatoms. The number of nitrogens with zero attached hydrogens (tertiary/aromatic N) is 3. The lowest BCUT2D eigenvalue weighted by Crippen LogP contribution is -2.43. The van der Waals surface area contributed by atoms with Crippen molar-refractivity contribution in [3.63, 3.8) is 0 Å². The maximum absolute atomic E-state index is 11.8. The fraction of sp³-hybridized carbons (Fsp3) is 0.667. The predicted molar refractivity (Wildman–Crippen MR) is 105 cm³/mol. The van der Waals surface area contributed by atoms with E-state index in [4.69, 9.17) is 0 Å². The molecule has 0 atom stereocenters. The number of guanidine groups is 1. The Labute approximate surface area is 155 Å². The third-order valence-corrected chi connectivity index (χ3v) is 5.22. The lowest BCUT2D eigenvalue weighted by atomic mass is 10.1. The number of hydrogen-bond donors (Lipinski definition) is 2. The molecule has 1 aromatic heterocycles. The van der Waals surface area contributed by atoms with Crippen LogP contribution in [-0.2, 0) is 11.2 Å². The summed E-state index contributed by atoms with van der Waals surface area (Å²) in [4.78, 5) is 21.6. The highest BCUT2D eigenvalue weighted by molar-refractivity contribution is 7.09. The van der Waals surface area contributed by atoms with Gasteiger partial charge < -0.3 is 20.4 Å². The van der Waals surface area contributed by atoms with Gasteiger partial charge in [0.2, 0.25) is 5.91 Å². The van der Waals surface area contributed by atoms with Crippen molar-refractivity contribution >= 4 is 23.2 Å². The molecule has 6 nitrogen and oxygen atoms in total. The summed E-state index contributed by atoms with van der Waals surface area (Å²) in [6, 6.07) is 4.21. The number of rotatable bonds is 8. The molecule has 1 aliphatic heterocycles. The van der Waals surface area contributed by atoms with Crippen LogP contribution in [0, 0.1) is 0 Å². The van der Waals surface area contributed by atoms with Gasteiger partial charge in [0.15, 0.2) is 5.96 Å². The third kappa shape index (κ3) is 7.88. The topological polar surface area (TPSA) is 60.0 Å². The van der Waals surface area contributed by atoms with Crippen molar-refractivity contribution in [3.05, 3.63) is 22.4 Å². The van der Waals surface area contributed by atoms with Crippen LogP contribution in [0.1, 0.15) is 24.1 Å². The Kier molecular flexibility index (Phi) is 8.76. The number of likely N-dealkylation sites (N-methyl/N-ethyl adjacent to an activating group) is 1. The smallest absolute Gasteiger partial charge is 0.243 e. The van der Waals surface area contributed by atoms with E-state index in [2.05, 4.69) is 38.0 Å². The minimum Gasteiger partial charge on any atom is -0.356 e. The van der Waals surface area contributed by atoms with Gasteiger partial charge >= 0.3 is 0 Å². The van der Waals surface area contributed by atoms with Gasteiger partial charge in [-0.1, -0.05) is 12.5 Å². The van der Waals surface area contributed by atoms with Crippen LogP contribution in [0.2, 0.25) is 0 Å². The molecule has 1 saturated heterocycles. The second-order valence-electron chi connectivity index (χ2n) is 6.54. The molecule has 1 amide bonds. The summed E-state index contributed by atoms with van der Waals surface area (Å²) < 4.78 is 0. The summed E-state index contributed by atoms with van der Waals surface area (Å²) >= 11 is 1.77. The number of thiophene rings is 1. The number of carbonyl (C=O) groups is 1. The van der Waals surface area contributed by atoms with Crippen molar-refractivity contribution in [3.8, 4) is 0 Å². The van der Waals surface area contributed by atoms with Gasteiger partial charge in [-0.05, 0) is 43.8 Å². The normalized spacial score (nSPS) is 15.8. The van der Waals surface area contributed by atoms with Gasteiger partial charge in [0.1, 0.15) is 6.54 Å². The van der Waals surface area contributed by atoms with Crippen LogP contribution in [0.15, 0.2) is 22.5 Å². The molecule has 0 spiro atoms. The maximum Gasteiger partial charge on any atom is 0.243 e. The largest absolute Gasteiger partial charge is 0.356 e. The minimum atomic E-state index is 0.00962. The van der Waals surface area contributed by atoms with E-state index < -0.39 is 0 Å². The standard InChI is InChI=1S/C18H31N5OS/c1-22(2)17(24)15-21-18(19-9-8-16-7-6-14-25-16)20-10-13-23-11-4-3-5-12-23/h6-7,14H,3-5,8-13,15H2,1-2H3,(H2,19,20,21). The van der Waals surface area contributed by atoms with Crippen LogP contribution in [0.25, 0.3) is 0 Å². The number of likely N-dealkylation sites (tertiary alicyclic amines) is 1. The molecule has 140 valence electrons. The first-order chi connectivity index (χ1) is 12.1. The van der Waals surface area contributed by atoms with Gasteiger partial charge in [-0.3, -0.25) is 4.79 Å². The zero-order chi connectivity index (χ0) is 17.9. The highest BCUT2D eigenvalue weighted by Gasteiger charge is 2.10. The van der Waals surface area contributed by atoms with Gasteiger partial charge in [-0.15, -0.1) is 11.3 Å². The zero-order valence-corrected chi connectivity index (χ0v) is 16.3. The van der Waals surface area contributed by atoms with Crippen LogP contribution >= 0.6 is 11.3 Å². The Morgan fingerprint density at radius 2 is 2.00 bits per heavy atom. The summed E-state index contributed by atoms with van der Waals surface area (Å²) in [5.41, 5.74) is 0. The molecule has 1 aliphatic rings. The molecular weight excluding hydrogens is 334 g/mol. The second-order valence-corrected chi connectivity index (χ2v) is 7.57. The summed E-state index contributed by atoms with van der Waals surface area (Å²) in [6.45, 7) is 5.24. The first-order valence-electron chi connectivity index (χ1n) is 9.12. The molecule has 25 heavy (non-hydrogen) atoms. The van der Waals surface area contributed by atoms with Crippen molar-refractivity contribution < 1.29 is 4.79 Å². The highest BCUT2D eigenvalue weighted by atomic mass is 32.1. The fourth-order valence-corrected chi connectivity index (χ4v) is 3.45. The van der Waals surface area contributed by atoms with Crippen molar-refractivity contribution in [1.82, 2.24) is 20.4 Å². The van der Waals surface area contributed by atoms with Crippen LogP contribution in [0.3, 0.4) is 0 Å². The molecule has 0 aliphatic carbocycles. The predicted octanol–water partition coefficient (Wildman–Crippen LogP) is 1.40. The lowest BCUT2D eigenvalue weighted by Gasteiger charge is -2.26. The molecule has 0 unspecified atom stereocenters. The quantitative estimate of drug-likeness (QED) is 0.540. The Morgan fingerprint density at radius 1 is 1.24 bits per heavy atom. The number of nitrogens with one attached hydrogen (secondary N) is 2. The van der Waals surface area contributed by atoms with Crippen LogP contribution < -0.4 is 10.6 Å². The van der Waals surface area contributed by atoms with Gasteiger partial charge in [-0.25, -0.2) is 4.99 Å². The molecular formula is C18H31N5OS. The van der Waals surface area contributed by atoms with Gasteiger partial charge in [0.25, 0.3) is 0 Å². The molecule has 0 bridgehead atoms. The van der Waals surface area contributed by atoms with E-state index in [9.17, 15) is 4.79 Å². The molecule has 0 radical (unpaired) electrons. The maximum atomic E-state index is 11.8. The van der Waals surface area contributed by atoms with Gasteiger partial charge in [0.05, 0.1) is 0 Å². The minimum absolute atomic E-state index is 0.00962. The number of hydrogen-bond acceptors (Lipinski definition) is 4. The molecule has 1 aromatic rings. The summed E-state index contributed by atoms with van der Waals surface area (Å²) in [5, 5.41) is 8.81. The SMILES string of the molecule is CN(C)C(=O)CN=C(NCCc1cccs1)NCCN1CCCCC1. The van der Waals surface area contributed by atoms with E-state index in [1.807, 2.05) is 0 Å². The molecule has 2 rings (SSSR count). The Balaban J connectivity index is 1.77. The average molecular weight is 366 g/mol. The van der Waals surface area contributed by atoms with Gasteiger partial charge in [0, 0.05) is 38.6 Å². The fourth-order valence-electron chi connectivity index (χ4n) is 2.74. The van der Waals surface area contributed by atoms with E-state index in [0.717, 1.165) is 32.0 Å². The Morgan fingerprint density at radius 3 is 2.68 bits per heavy atom. The average Bonchev–Trinajstić information content (AvgIpc) is 3.13. The van der Waals surface area contributed by atoms with Crippen molar-refractivity contribution in [1.29, 1.82) is 0 Å². The Bertz CT molecular complexity index is 524. The van der Waals surface area contributed by atoms with E-state index in [0.29, 0.717) is 0 Å². The van der Waals surface area contributed by atoms with Crippen molar-refractivity contribution in [2.75, 3.05) is 53.4 Å². The number of carbonyl (C=O) groups excluding carboxylic acids is 1. The molecule has 2 N–H and O–H groups in total. The van der Waals surface area contributed by atoms with E-state index in [-0.39, 0.29) is 12.5 Å². The molecule has 2 heterocycles. The summed E-state index contributed by atoms with van der Waals surface area (Å²) in [7, 11) is 3.51. The first-order valence-corrected chi connectivity index (χ1v) is 10.00. The molecule has 1 fully saturated rings. The summed E-state index contributed by atoms with van der Waals surface area (Å²) in [6.07, 6.45) is 4.92. The number of piperidine rings is 1. The molecule has 0 aromatic carbocycles. The third-order valence-electron chi connectivity index (χ3n) is 4.28. The second kappa shape index (κ2) is 11.1. The number of aliphatic imine (C=N–C) groups is 1. The monoisotopic (exact) mass is 365 g/mol. The lowest BCUT2D eigenvalue weighted by molar-refractivity contribution is -0.127. The van der Waals surface area contributed by atoms with Crippen LogP contribution in [-0.4, -0.2) is 75.0 Å². The van der Waals surface area contributed by atoms with E-state index >= 15 is 0 Å². The van der Waals surface area contributed by atoms with E-state index in [1.165, 1.54) is 37.2 Å². The first kappa shape index (κ1) is 19.7. The van der Waals surface area contributed by atoms with Crippen molar-refractivity contribution in [2.24, 2.45) is 4.99 Å². The van der Waals surface area contributed by atoms with Crippen molar-refractivity contribution in [2.45, 2.75) is 25.7 Å². The summed E-state index contributed by atoms with van der Waals surface area (Å²) in [5.74, 6) is 0.735. The molecule has 0 saturated carbocycles. The Hall–Kier alpha value is -1.60. The van der Waals surface area contributed by atoms with E-state index in [1.54, 1.807) is 30.3 Å². The van der Waals surface area contributed by atoms with Crippen LogP contribution in [0.5, 0.6) is 0 Å². The number of amides is 1. The van der Waals surface area contributed by atoms with Crippen LogP contribution in [0.4, 0.5) is 0 Å².